The average molecular weight is 196 g/mol. The highest BCUT2D eigenvalue weighted by Gasteiger charge is 1.85. The molecule has 0 atom stereocenters. The first kappa shape index (κ1) is 12.9. The minimum absolute atomic E-state index is 0.754. The molecule has 0 aliphatic heterocycles. The Labute approximate surface area is 86.3 Å². The highest BCUT2D eigenvalue weighted by molar-refractivity contribution is 5.48. The highest BCUT2D eigenvalue weighted by atomic mass is 16.3. The van der Waals surface area contributed by atoms with Gasteiger partial charge in [-0.25, -0.2) is 0 Å². The number of hydrogen-bond donors (Lipinski definition) is 0. The smallest absolute Gasteiger partial charge is 0.119 e. The van der Waals surface area contributed by atoms with Crippen molar-refractivity contribution in [3.8, 4) is 0 Å². The van der Waals surface area contributed by atoms with E-state index in [4.69, 9.17) is 0 Å². The second-order valence-electron chi connectivity index (χ2n) is 3.16. The van der Waals surface area contributed by atoms with E-state index in [-0.39, 0.29) is 0 Å². The first-order valence-electron chi connectivity index (χ1n) is 5.32. The van der Waals surface area contributed by atoms with Gasteiger partial charge in [-0.15, -0.1) is 0 Å². The van der Waals surface area contributed by atoms with Gasteiger partial charge in [0, 0.05) is 6.42 Å². The topological polar surface area (TPSA) is 30.2 Å². The summed E-state index contributed by atoms with van der Waals surface area (Å²) in [7, 11) is 0. The fourth-order valence-electron chi connectivity index (χ4n) is 1.06. The Morgan fingerprint density at radius 1 is 1.07 bits per heavy atom. The number of unbranched alkanes of at least 4 members (excludes halogenated alkanes) is 5. The van der Waals surface area contributed by atoms with Crippen LogP contribution in [0.5, 0.6) is 0 Å². The molecule has 0 saturated heterocycles. The van der Waals surface area contributed by atoms with Gasteiger partial charge in [0.1, 0.15) is 6.29 Å². The van der Waals surface area contributed by atoms with Crippen LogP contribution in [0.25, 0.3) is 0 Å². The summed E-state index contributed by atoms with van der Waals surface area (Å²) in [5.74, 6) is 0. The van der Waals surface area contributed by atoms with E-state index in [1.54, 1.807) is 12.5 Å². The summed E-state index contributed by atoms with van der Waals surface area (Å²) in [6.45, 7) is 2.19. The van der Waals surface area contributed by atoms with E-state index < -0.39 is 0 Å². The molecule has 1 aromatic rings. The molecular formula is C12H20O2. The molecule has 2 heteroatoms. The summed E-state index contributed by atoms with van der Waals surface area (Å²) < 4.78 is 4.58. The van der Waals surface area contributed by atoms with Gasteiger partial charge < -0.3 is 9.21 Å². The zero-order valence-electron chi connectivity index (χ0n) is 8.95. The average Bonchev–Trinajstić information content (AvgIpc) is 2.76. The van der Waals surface area contributed by atoms with Gasteiger partial charge in [0.25, 0.3) is 0 Å². The molecule has 0 unspecified atom stereocenters. The SMILES string of the molecule is CCCCCCCC=O.c1ccoc1. The largest absolute Gasteiger partial charge is 0.473 e. The molecule has 0 amide bonds. The van der Waals surface area contributed by atoms with E-state index in [1.807, 2.05) is 12.1 Å². The molecule has 0 aliphatic carbocycles. The second kappa shape index (κ2) is 11.9. The van der Waals surface area contributed by atoms with Crippen molar-refractivity contribution in [2.24, 2.45) is 0 Å². The maximum Gasteiger partial charge on any atom is 0.119 e. The Morgan fingerprint density at radius 2 is 1.71 bits per heavy atom. The van der Waals surface area contributed by atoms with Crippen molar-refractivity contribution < 1.29 is 9.21 Å². The van der Waals surface area contributed by atoms with Gasteiger partial charge in [-0.2, -0.15) is 0 Å². The molecule has 0 aromatic carbocycles. The molecular weight excluding hydrogens is 176 g/mol. The fraction of sp³-hybridized carbons (Fsp3) is 0.583. The predicted octanol–water partition coefficient (Wildman–Crippen LogP) is 3.83. The van der Waals surface area contributed by atoms with Crippen molar-refractivity contribution in [2.45, 2.75) is 45.4 Å². The number of aldehydes is 1. The summed E-state index contributed by atoms with van der Waals surface area (Å²) in [4.78, 5) is 9.84. The maximum atomic E-state index is 9.84. The number of carbonyl (C=O) groups excluding carboxylic acids is 1. The van der Waals surface area contributed by atoms with Crippen molar-refractivity contribution in [1.29, 1.82) is 0 Å². The van der Waals surface area contributed by atoms with Crippen LogP contribution in [0.3, 0.4) is 0 Å². The van der Waals surface area contributed by atoms with E-state index in [2.05, 4.69) is 11.3 Å². The number of carbonyl (C=O) groups is 1. The van der Waals surface area contributed by atoms with Crippen LogP contribution in [-0.4, -0.2) is 6.29 Å². The summed E-state index contributed by atoms with van der Waals surface area (Å²) in [5.41, 5.74) is 0. The Bertz CT molecular complexity index is 163. The number of furan rings is 1. The molecule has 80 valence electrons. The minimum atomic E-state index is 0.754. The van der Waals surface area contributed by atoms with E-state index >= 15 is 0 Å². The van der Waals surface area contributed by atoms with Crippen LogP contribution in [0.2, 0.25) is 0 Å². The van der Waals surface area contributed by atoms with E-state index in [0.29, 0.717) is 0 Å². The van der Waals surface area contributed by atoms with Crippen LogP contribution in [0.1, 0.15) is 45.4 Å². The molecule has 0 aliphatic rings. The number of hydrogen-bond acceptors (Lipinski definition) is 2. The molecule has 0 spiro atoms. The van der Waals surface area contributed by atoms with Gasteiger partial charge in [0.15, 0.2) is 0 Å². The van der Waals surface area contributed by atoms with Crippen molar-refractivity contribution >= 4 is 6.29 Å². The van der Waals surface area contributed by atoms with Crippen molar-refractivity contribution in [3.63, 3.8) is 0 Å². The fourth-order valence-corrected chi connectivity index (χ4v) is 1.06. The zero-order valence-corrected chi connectivity index (χ0v) is 8.95. The monoisotopic (exact) mass is 196 g/mol. The lowest BCUT2D eigenvalue weighted by Crippen LogP contribution is -1.78. The third kappa shape index (κ3) is 11.0. The minimum Gasteiger partial charge on any atom is -0.473 e. The molecule has 1 aromatic heterocycles. The molecule has 2 nitrogen and oxygen atoms in total. The van der Waals surface area contributed by atoms with Gasteiger partial charge >= 0.3 is 0 Å². The maximum absolute atomic E-state index is 9.84. The summed E-state index contributed by atoms with van der Waals surface area (Å²) in [6.07, 6.45) is 11.2. The lowest BCUT2D eigenvalue weighted by atomic mass is 10.1. The summed E-state index contributed by atoms with van der Waals surface area (Å²) >= 11 is 0. The molecule has 0 N–H and O–H groups in total. The normalized spacial score (nSPS) is 8.93. The standard InChI is InChI=1S/C8H16O.C4H4O/c1-2-3-4-5-6-7-8-9;1-2-4-5-3-1/h8H,2-7H2,1H3;1-4H. The van der Waals surface area contributed by atoms with Crippen LogP contribution in [-0.2, 0) is 4.79 Å². The van der Waals surface area contributed by atoms with Gasteiger partial charge in [0.2, 0.25) is 0 Å². The first-order valence-corrected chi connectivity index (χ1v) is 5.32. The Kier molecular flexibility index (Phi) is 11.1. The third-order valence-electron chi connectivity index (χ3n) is 1.85. The van der Waals surface area contributed by atoms with E-state index in [1.165, 1.54) is 25.7 Å². The van der Waals surface area contributed by atoms with E-state index in [9.17, 15) is 4.79 Å². The third-order valence-corrected chi connectivity index (χ3v) is 1.85. The molecule has 0 bridgehead atoms. The number of rotatable bonds is 6. The first-order chi connectivity index (χ1) is 6.91. The van der Waals surface area contributed by atoms with Gasteiger partial charge in [-0.1, -0.05) is 32.6 Å². The molecule has 0 saturated carbocycles. The molecule has 14 heavy (non-hydrogen) atoms. The van der Waals surface area contributed by atoms with Crippen LogP contribution >= 0.6 is 0 Å². The van der Waals surface area contributed by atoms with Crippen molar-refractivity contribution in [2.75, 3.05) is 0 Å². The summed E-state index contributed by atoms with van der Waals surface area (Å²) in [6, 6.07) is 3.67. The molecule has 1 rings (SSSR count). The summed E-state index contributed by atoms with van der Waals surface area (Å²) in [5, 5.41) is 0. The molecule has 1 heterocycles. The van der Waals surface area contributed by atoms with Crippen LogP contribution in [0, 0.1) is 0 Å². The molecule has 0 fully saturated rings. The van der Waals surface area contributed by atoms with Gasteiger partial charge in [-0.3, -0.25) is 0 Å². The molecule has 0 radical (unpaired) electrons. The zero-order chi connectivity index (χ0) is 10.5. The quantitative estimate of drug-likeness (QED) is 0.511. The Hall–Kier alpha value is -1.05. The van der Waals surface area contributed by atoms with Crippen molar-refractivity contribution in [1.82, 2.24) is 0 Å². The van der Waals surface area contributed by atoms with Gasteiger partial charge in [0.05, 0.1) is 12.5 Å². The van der Waals surface area contributed by atoms with E-state index in [0.717, 1.165) is 19.1 Å². The van der Waals surface area contributed by atoms with Crippen LogP contribution in [0.4, 0.5) is 0 Å². The predicted molar refractivity (Wildman–Crippen MR) is 58.1 cm³/mol. The second-order valence-corrected chi connectivity index (χ2v) is 3.16. The lowest BCUT2D eigenvalue weighted by molar-refractivity contribution is -0.107. The van der Waals surface area contributed by atoms with Gasteiger partial charge in [-0.05, 0) is 18.6 Å². The van der Waals surface area contributed by atoms with Crippen LogP contribution < -0.4 is 0 Å². The highest BCUT2D eigenvalue weighted by Crippen LogP contribution is 2.02. The lowest BCUT2D eigenvalue weighted by Gasteiger charge is -1.93. The Morgan fingerprint density at radius 3 is 2.14 bits per heavy atom. The van der Waals surface area contributed by atoms with Crippen LogP contribution in [0.15, 0.2) is 29.1 Å². The van der Waals surface area contributed by atoms with Crippen molar-refractivity contribution in [3.05, 3.63) is 24.7 Å². The Balaban J connectivity index is 0.000000280.